The zero-order valence-electron chi connectivity index (χ0n) is 14.2. The second-order valence-electron chi connectivity index (χ2n) is 5.23. The highest BCUT2D eigenvalue weighted by atomic mass is 35.5. The number of nitrogens with zero attached hydrogens (tertiary/aromatic N) is 3. The van der Waals surface area contributed by atoms with E-state index < -0.39 is 0 Å². The van der Waals surface area contributed by atoms with Gasteiger partial charge in [0.15, 0.2) is 17.3 Å². The lowest BCUT2D eigenvalue weighted by molar-refractivity contribution is 0.354. The maximum atomic E-state index is 5.34. The summed E-state index contributed by atoms with van der Waals surface area (Å²) < 4.78 is 12.4. The maximum absolute atomic E-state index is 5.34. The summed E-state index contributed by atoms with van der Waals surface area (Å²) >= 11 is 0. The second-order valence-corrected chi connectivity index (χ2v) is 5.23. The third kappa shape index (κ3) is 4.49. The Hall–Kier alpha value is -2.57. The van der Waals surface area contributed by atoms with Crippen molar-refractivity contribution >= 4 is 12.4 Å². The van der Waals surface area contributed by atoms with Crippen molar-refractivity contribution < 1.29 is 9.47 Å². The van der Waals surface area contributed by atoms with Gasteiger partial charge >= 0.3 is 0 Å². The highest BCUT2D eigenvalue weighted by Crippen LogP contribution is 2.27. The van der Waals surface area contributed by atoms with E-state index in [-0.39, 0.29) is 12.4 Å². The molecule has 0 saturated carbocycles. The number of benzene rings is 1. The SMILES string of the molecule is COc1ccc(CNCc2cccnc2-n2cccn2)cc1OC.Cl. The molecule has 0 saturated heterocycles. The zero-order valence-corrected chi connectivity index (χ0v) is 15.0. The Balaban J connectivity index is 0.00000225. The van der Waals surface area contributed by atoms with E-state index in [1.54, 1.807) is 31.3 Å². The van der Waals surface area contributed by atoms with Crippen molar-refractivity contribution in [2.24, 2.45) is 0 Å². The molecule has 0 bridgehead atoms. The first kappa shape index (κ1) is 18.8. The fraction of sp³-hybridized carbons (Fsp3) is 0.222. The van der Waals surface area contributed by atoms with Crippen LogP contribution in [-0.2, 0) is 13.1 Å². The lowest BCUT2D eigenvalue weighted by atomic mass is 10.2. The van der Waals surface area contributed by atoms with Crippen molar-refractivity contribution in [1.29, 1.82) is 0 Å². The summed E-state index contributed by atoms with van der Waals surface area (Å²) in [6, 6.07) is 11.8. The van der Waals surface area contributed by atoms with Crippen LogP contribution in [0, 0.1) is 0 Å². The van der Waals surface area contributed by atoms with Crippen LogP contribution in [0.2, 0.25) is 0 Å². The number of hydrogen-bond acceptors (Lipinski definition) is 5. The van der Waals surface area contributed by atoms with E-state index in [1.807, 2.05) is 42.6 Å². The summed E-state index contributed by atoms with van der Waals surface area (Å²) in [4.78, 5) is 4.42. The first-order valence-electron chi connectivity index (χ1n) is 7.67. The largest absolute Gasteiger partial charge is 0.493 e. The third-order valence-electron chi connectivity index (χ3n) is 3.68. The van der Waals surface area contributed by atoms with Crippen LogP contribution in [0.15, 0.2) is 55.0 Å². The molecule has 0 spiro atoms. The summed E-state index contributed by atoms with van der Waals surface area (Å²) in [5, 5.41) is 7.68. The van der Waals surface area contributed by atoms with Crippen LogP contribution < -0.4 is 14.8 Å². The molecular formula is C18H21ClN4O2. The summed E-state index contributed by atoms with van der Waals surface area (Å²) in [5.74, 6) is 2.30. The second kappa shape index (κ2) is 9.05. The number of aromatic nitrogens is 3. The molecule has 0 aliphatic heterocycles. The van der Waals surface area contributed by atoms with Crippen molar-refractivity contribution in [3.63, 3.8) is 0 Å². The maximum Gasteiger partial charge on any atom is 0.161 e. The summed E-state index contributed by atoms with van der Waals surface area (Å²) in [6.45, 7) is 1.41. The van der Waals surface area contributed by atoms with Gasteiger partial charge < -0.3 is 14.8 Å². The Morgan fingerprint density at radius 2 is 1.84 bits per heavy atom. The van der Waals surface area contributed by atoms with Gasteiger partial charge in [0.05, 0.1) is 14.2 Å². The van der Waals surface area contributed by atoms with Crippen LogP contribution in [0.3, 0.4) is 0 Å². The van der Waals surface area contributed by atoms with Gasteiger partial charge in [0.2, 0.25) is 0 Å². The normalized spacial score (nSPS) is 10.2. The average molecular weight is 361 g/mol. The van der Waals surface area contributed by atoms with Crippen LogP contribution in [0.1, 0.15) is 11.1 Å². The van der Waals surface area contributed by atoms with Crippen molar-refractivity contribution in [2.75, 3.05) is 14.2 Å². The van der Waals surface area contributed by atoms with Gasteiger partial charge in [-0.1, -0.05) is 12.1 Å². The van der Waals surface area contributed by atoms with Crippen molar-refractivity contribution in [2.45, 2.75) is 13.1 Å². The molecular weight excluding hydrogens is 340 g/mol. The van der Waals surface area contributed by atoms with E-state index >= 15 is 0 Å². The minimum Gasteiger partial charge on any atom is -0.493 e. The molecule has 0 aliphatic rings. The standard InChI is InChI=1S/C18H20N4O2.ClH/c1-23-16-7-6-14(11-17(16)24-2)12-19-13-15-5-3-8-20-18(15)22-10-4-9-21-22;/h3-11,19H,12-13H2,1-2H3;1H. The number of nitrogens with one attached hydrogen (secondary N) is 1. The fourth-order valence-electron chi connectivity index (χ4n) is 2.50. The Labute approximate surface area is 153 Å². The van der Waals surface area contributed by atoms with Crippen LogP contribution in [0.25, 0.3) is 5.82 Å². The van der Waals surface area contributed by atoms with Gasteiger partial charge in [0, 0.05) is 37.2 Å². The van der Waals surface area contributed by atoms with Gasteiger partial charge in [-0.05, 0) is 29.8 Å². The Morgan fingerprint density at radius 3 is 2.56 bits per heavy atom. The van der Waals surface area contributed by atoms with Gasteiger partial charge in [-0.15, -0.1) is 12.4 Å². The first-order valence-corrected chi connectivity index (χ1v) is 7.67. The molecule has 1 N–H and O–H groups in total. The van der Waals surface area contributed by atoms with Crippen molar-refractivity contribution in [3.05, 3.63) is 66.1 Å². The minimum absolute atomic E-state index is 0. The Kier molecular flexibility index (Phi) is 6.80. The number of hydrogen-bond donors (Lipinski definition) is 1. The van der Waals surface area contributed by atoms with E-state index in [9.17, 15) is 0 Å². The molecule has 0 amide bonds. The molecule has 3 aromatic rings. The predicted octanol–water partition coefficient (Wildman–Crippen LogP) is 3.00. The molecule has 0 unspecified atom stereocenters. The van der Waals surface area contributed by atoms with Gasteiger partial charge in [0.1, 0.15) is 0 Å². The summed E-state index contributed by atoms with van der Waals surface area (Å²) in [5.41, 5.74) is 2.21. The molecule has 6 nitrogen and oxygen atoms in total. The van der Waals surface area contributed by atoms with Crippen LogP contribution >= 0.6 is 12.4 Å². The molecule has 2 heterocycles. The first-order chi connectivity index (χ1) is 11.8. The molecule has 3 rings (SSSR count). The number of rotatable bonds is 7. The molecule has 0 radical (unpaired) electrons. The lowest BCUT2D eigenvalue weighted by Crippen LogP contribution is -2.15. The third-order valence-corrected chi connectivity index (χ3v) is 3.68. The zero-order chi connectivity index (χ0) is 16.8. The van der Waals surface area contributed by atoms with Gasteiger partial charge in [0.25, 0.3) is 0 Å². The molecule has 2 aromatic heterocycles. The summed E-state index contributed by atoms with van der Waals surface area (Å²) in [6.07, 6.45) is 5.41. The molecule has 132 valence electrons. The van der Waals surface area contributed by atoms with Crippen LogP contribution in [-0.4, -0.2) is 29.0 Å². The summed E-state index contributed by atoms with van der Waals surface area (Å²) in [7, 11) is 3.27. The molecule has 0 fully saturated rings. The van der Waals surface area contributed by atoms with Crippen molar-refractivity contribution in [3.8, 4) is 17.3 Å². The van der Waals surface area contributed by atoms with Crippen molar-refractivity contribution in [1.82, 2.24) is 20.1 Å². The van der Waals surface area contributed by atoms with Gasteiger partial charge in [-0.2, -0.15) is 5.10 Å². The quantitative estimate of drug-likeness (QED) is 0.701. The Bertz CT molecular complexity index is 794. The molecule has 0 aliphatic carbocycles. The lowest BCUT2D eigenvalue weighted by Gasteiger charge is -2.12. The fourth-order valence-corrected chi connectivity index (χ4v) is 2.50. The van der Waals surface area contributed by atoms with Crippen LogP contribution in [0.4, 0.5) is 0 Å². The Morgan fingerprint density at radius 1 is 1.00 bits per heavy atom. The number of methoxy groups -OCH3 is 2. The monoisotopic (exact) mass is 360 g/mol. The smallest absolute Gasteiger partial charge is 0.161 e. The van der Waals surface area contributed by atoms with E-state index in [4.69, 9.17) is 9.47 Å². The molecule has 25 heavy (non-hydrogen) atoms. The van der Waals surface area contributed by atoms with E-state index in [0.717, 1.165) is 28.4 Å². The minimum atomic E-state index is 0. The molecule has 7 heteroatoms. The number of ether oxygens (including phenoxy) is 2. The predicted molar refractivity (Wildman–Crippen MR) is 98.7 cm³/mol. The number of pyridine rings is 1. The van der Waals surface area contributed by atoms with E-state index in [0.29, 0.717) is 13.1 Å². The highest BCUT2D eigenvalue weighted by Gasteiger charge is 2.07. The molecule has 0 atom stereocenters. The highest BCUT2D eigenvalue weighted by molar-refractivity contribution is 5.85. The van der Waals surface area contributed by atoms with Gasteiger partial charge in [-0.25, -0.2) is 9.67 Å². The average Bonchev–Trinajstić information content (AvgIpc) is 3.16. The van der Waals surface area contributed by atoms with Crippen LogP contribution in [0.5, 0.6) is 11.5 Å². The number of halogens is 1. The topological polar surface area (TPSA) is 61.2 Å². The van der Waals surface area contributed by atoms with E-state index in [2.05, 4.69) is 15.4 Å². The van der Waals surface area contributed by atoms with Gasteiger partial charge in [-0.3, -0.25) is 0 Å². The van der Waals surface area contributed by atoms with E-state index in [1.165, 1.54) is 0 Å². The molecule has 1 aromatic carbocycles.